The third kappa shape index (κ3) is 8.86. The van der Waals surface area contributed by atoms with Gasteiger partial charge in [0.2, 0.25) is 0 Å². The summed E-state index contributed by atoms with van der Waals surface area (Å²) in [6.45, 7) is 15.6. The molecule has 0 aromatic heterocycles. The van der Waals surface area contributed by atoms with Gasteiger partial charge in [0.05, 0.1) is 0 Å². The summed E-state index contributed by atoms with van der Waals surface area (Å²) in [4.78, 5) is 0. The van der Waals surface area contributed by atoms with Crippen molar-refractivity contribution in [1.82, 2.24) is 0 Å². The van der Waals surface area contributed by atoms with E-state index in [-0.39, 0.29) is 72.9 Å². The summed E-state index contributed by atoms with van der Waals surface area (Å²) in [7, 11) is 0. The molecule has 0 unspecified atom stereocenters. The number of hydrogen-bond acceptors (Lipinski definition) is 1. The molecule has 0 spiro atoms. The fraction of sp³-hybridized carbons (Fsp3) is 0.600. The fourth-order valence-electron chi connectivity index (χ4n) is 1.98. The van der Waals surface area contributed by atoms with Crippen LogP contribution in [0.25, 0.3) is 0 Å². The molecule has 0 N–H and O–H groups in total. The maximum Gasteiger partial charge on any atom is -0.147 e. The molecule has 0 fully saturated rings. The van der Waals surface area contributed by atoms with E-state index in [0.717, 1.165) is 25.9 Å². The summed E-state index contributed by atoms with van der Waals surface area (Å²) in [6, 6.07) is 4.51. The zero-order chi connectivity index (χ0) is 13.4. The molecule has 1 aromatic rings. The van der Waals surface area contributed by atoms with E-state index in [0.29, 0.717) is 0 Å². The van der Waals surface area contributed by atoms with Crippen molar-refractivity contribution in [2.75, 3.05) is 0 Å². The van der Waals surface area contributed by atoms with Crippen molar-refractivity contribution < 1.29 is 23.6 Å². The van der Waals surface area contributed by atoms with Crippen LogP contribution >= 0.6 is 62.0 Å². The van der Waals surface area contributed by atoms with Gasteiger partial charge in [0.15, 0.2) is 0 Å². The van der Waals surface area contributed by atoms with E-state index < -0.39 is 0 Å². The van der Waals surface area contributed by atoms with Gasteiger partial charge in [-0.05, 0) is 0 Å². The first kappa shape index (κ1) is 34.5. The molecule has 0 radical (unpaired) electrons. The van der Waals surface area contributed by atoms with Gasteiger partial charge in [-0.3, -0.25) is 0 Å². The number of aryl methyl sites for hydroxylation is 1. The Morgan fingerprint density at radius 1 is 0.727 bits per heavy atom. The Kier molecular flexibility index (Phi) is 19.6. The molecule has 1 nitrogen and oxygen atoms in total. The minimum atomic E-state index is 0. The fourth-order valence-corrected chi connectivity index (χ4v) is 2.62. The van der Waals surface area contributed by atoms with Crippen molar-refractivity contribution in [3.8, 4) is 5.75 Å². The maximum absolute atomic E-state index is 5.77. The minimum Gasteiger partial charge on any atom is -0.147 e. The van der Waals surface area contributed by atoms with E-state index in [4.69, 9.17) is 3.39 Å². The van der Waals surface area contributed by atoms with Gasteiger partial charge in [0.25, 0.3) is 0 Å². The van der Waals surface area contributed by atoms with Crippen LogP contribution in [0.5, 0.6) is 5.75 Å². The van der Waals surface area contributed by atoms with E-state index >= 15 is 0 Å². The van der Waals surface area contributed by atoms with Crippen molar-refractivity contribution in [2.24, 2.45) is 0 Å². The predicted octanol–water partition coefficient (Wildman–Crippen LogP) is 6.54. The summed E-state index contributed by atoms with van der Waals surface area (Å²) >= 11 is 1.15. The standard InChI is InChI=1S/C15H24O.5ClH.W/c1-10-8-11(14(2,3)4)13(16)12(9-10)15(5,6)7;;;;;;/h8-9,16H,1-7H3;5*1H;/q;;;;;;+1/p-1. The van der Waals surface area contributed by atoms with Gasteiger partial charge in [0.1, 0.15) is 0 Å². The van der Waals surface area contributed by atoms with Crippen molar-refractivity contribution in [3.05, 3.63) is 28.8 Å². The molecule has 0 saturated carbocycles. The quantitative estimate of drug-likeness (QED) is 0.364. The van der Waals surface area contributed by atoms with Gasteiger partial charge in [-0.2, -0.15) is 0 Å². The topological polar surface area (TPSA) is 9.23 Å². The Balaban J connectivity index is -0.000000193. The summed E-state index contributed by atoms with van der Waals surface area (Å²) < 4.78 is 5.77. The average molecular weight is 585 g/mol. The van der Waals surface area contributed by atoms with E-state index in [2.05, 4.69) is 60.6 Å². The van der Waals surface area contributed by atoms with Gasteiger partial charge in [-0.1, -0.05) is 0 Å². The monoisotopic (exact) mass is 583 g/mol. The van der Waals surface area contributed by atoms with E-state index in [1.165, 1.54) is 16.7 Å². The molecule has 0 saturated heterocycles. The van der Waals surface area contributed by atoms with Gasteiger partial charge in [0, 0.05) is 0 Å². The molecule has 0 bridgehead atoms. The largest absolute Gasteiger partial charge is 0.147 e. The molecule has 0 aliphatic carbocycles. The minimum absolute atomic E-state index is 0. The Labute approximate surface area is 178 Å². The van der Waals surface area contributed by atoms with Gasteiger partial charge in [-0.15, -0.1) is 62.0 Å². The molecular weight excluding hydrogens is 557 g/mol. The number of benzene rings is 1. The molecule has 1 aromatic carbocycles. The molecule has 0 heterocycles. The Hall–Kier alpha value is 1.16. The second kappa shape index (κ2) is 12.5. The molecule has 0 aliphatic heterocycles. The van der Waals surface area contributed by atoms with Gasteiger partial charge < -0.3 is 0 Å². The van der Waals surface area contributed by atoms with Crippen molar-refractivity contribution >= 4 is 62.0 Å². The number of rotatable bonds is 1. The molecule has 0 amide bonds. The zero-order valence-corrected chi connectivity index (χ0v) is 21.0. The summed E-state index contributed by atoms with van der Waals surface area (Å²) in [5, 5.41) is 0. The second-order valence-corrected chi connectivity index (χ2v) is 7.37. The molecule has 7 heteroatoms. The van der Waals surface area contributed by atoms with E-state index in [1.807, 2.05) is 0 Å². The van der Waals surface area contributed by atoms with Gasteiger partial charge in [-0.25, -0.2) is 0 Å². The maximum atomic E-state index is 5.77. The average Bonchev–Trinajstić information content (AvgIpc) is 2.13. The van der Waals surface area contributed by atoms with Crippen LogP contribution in [0.4, 0.5) is 0 Å². The smallest absolute Gasteiger partial charge is 0.147 e. The second-order valence-electron chi connectivity index (χ2n) is 6.77. The van der Waals surface area contributed by atoms with Crippen LogP contribution in [0.1, 0.15) is 58.2 Å². The normalized spacial score (nSPS) is 9.77. The Bertz CT molecular complexity index is 390. The number of halogens is 5. The van der Waals surface area contributed by atoms with Crippen LogP contribution in [0, 0.1) is 6.92 Å². The third-order valence-electron chi connectivity index (χ3n) is 2.93. The molecule has 135 valence electrons. The number of hydrogen-bond donors (Lipinski definition) is 0. The molecule has 0 atom stereocenters. The summed E-state index contributed by atoms with van der Waals surface area (Å²) in [5.74, 6) is 1.09. The zero-order valence-electron chi connectivity index (χ0n) is 14.0. The van der Waals surface area contributed by atoms with Crippen LogP contribution in [0.2, 0.25) is 0 Å². The third-order valence-corrected chi connectivity index (χ3v) is 3.53. The van der Waals surface area contributed by atoms with Crippen LogP contribution in [0.15, 0.2) is 12.1 Å². The van der Waals surface area contributed by atoms with Gasteiger partial charge >= 0.3 is 117 Å². The molecular formula is C15H28Cl5OW. The molecule has 22 heavy (non-hydrogen) atoms. The summed E-state index contributed by atoms with van der Waals surface area (Å²) in [5.41, 5.74) is 4.19. The van der Waals surface area contributed by atoms with Crippen LogP contribution < -0.4 is 3.39 Å². The molecule has 1 rings (SSSR count). The van der Waals surface area contributed by atoms with Crippen molar-refractivity contribution in [3.63, 3.8) is 0 Å². The van der Waals surface area contributed by atoms with Crippen molar-refractivity contribution in [1.29, 1.82) is 0 Å². The summed E-state index contributed by atoms with van der Waals surface area (Å²) in [6.07, 6.45) is 0. The van der Waals surface area contributed by atoms with Crippen molar-refractivity contribution in [2.45, 2.75) is 59.3 Å². The first-order valence-corrected chi connectivity index (χ1v) is 7.22. The van der Waals surface area contributed by atoms with Crippen LogP contribution in [-0.2, 0) is 31.0 Å². The predicted molar refractivity (Wildman–Crippen MR) is 105 cm³/mol. The first-order chi connectivity index (χ1) is 7.57. The van der Waals surface area contributed by atoms with Crippen LogP contribution in [-0.4, -0.2) is 0 Å². The first-order valence-electron chi connectivity index (χ1n) is 6.03. The molecule has 0 aliphatic rings. The SMILES string of the molecule is Cc1cc(C(C)(C)C)c([O][W])c(C(C)(C)C)c1.Cl.Cl.Cl.Cl.Cl. The Morgan fingerprint density at radius 3 is 1.18 bits per heavy atom. The van der Waals surface area contributed by atoms with Crippen LogP contribution in [0.3, 0.4) is 0 Å². The van der Waals surface area contributed by atoms with E-state index in [9.17, 15) is 0 Å². The van der Waals surface area contributed by atoms with E-state index in [1.54, 1.807) is 0 Å². The Morgan fingerprint density at radius 2 is 1.00 bits per heavy atom.